The third kappa shape index (κ3) is 1.76. The van der Waals surface area contributed by atoms with Gasteiger partial charge in [0.25, 0.3) is 0 Å². The monoisotopic (exact) mass is 307 g/mol. The van der Waals surface area contributed by atoms with Gasteiger partial charge in [0, 0.05) is 11.8 Å². The molecule has 1 aromatic rings. The molecule has 0 spiro atoms. The number of nitrogens with zero attached hydrogens (tertiary/aromatic N) is 1. The van der Waals surface area contributed by atoms with Gasteiger partial charge >= 0.3 is 0 Å². The number of carbonyl (C=O) groups is 2. The molecule has 1 heterocycles. The van der Waals surface area contributed by atoms with Gasteiger partial charge in [-0.05, 0) is 51.0 Å². The fourth-order valence-corrected chi connectivity index (χ4v) is 4.55. The number of allylic oxidation sites excluding steroid dienone is 4. The van der Waals surface area contributed by atoms with Crippen LogP contribution in [-0.2, 0) is 9.59 Å². The van der Waals surface area contributed by atoms with Gasteiger partial charge in [-0.3, -0.25) is 9.59 Å². The first kappa shape index (κ1) is 14.4. The van der Waals surface area contributed by atoms with Gasteiger partial charge in [0.2, 0.25) is 11.8 Å². The van der Waals surface area contributed by atoms with Crippen LogP contribution in [0.4, 0.5) is 5.69 Å². The molecule has 0 N–H and O–H groups in total. The molecule has 2 amide bonds. The number of fused-ring (bicyclic) bond motifs is 5. The Labute approximate surface area is 136 Å². The lowest BCUT2D eigenvalue weighted by Crippen LogP contribution is -2.33. The maximum atomic E-state index is 13.0. The minimum atomic E-state index is -0.205. The van der Waals surface area contributed by atoms with Gasteiger partial charge in [0.1, 0.15) is 0 Å². The topological polar surface area (TPSA) is 37.4 Å². The second kappa shape index (κ2) is 4.67. The Kier molecular flexibility index (Phi) is 2.93. The number of amides is 2. The van der Waals surface area contributed by atoms with Crippen LogP contribution in [0, 0.1) is 37.5 Å². The highest BCUT2D eigenvalue weighted by Gasteiger charge is 2.61. The van der Waals surface area contributed by atoms with E-state index in [2.05, 4.69) is 26.0 Å². The molecule has 1 aromatic carbocycles. The van der Waals surface area contributed by atoms with E-state index in [0.717, 1.165) is 11.3 Å². The van der Waals surface area contributed by atoms with E-state index in [1.54, 1.807) is 0 Å². The predicted molar refractivity (Wildman–Crippen MR) is 89.9 cm³/mol. The lowest BCUT2D eigenvalue weighted by molar-refractivity contribution is -0.122. The SMILES string of the molecule is CC(C)=C1[C@H]2C=C[C@H]1[C@@H]1C(=O)N(c3ccc(C)c(C)c3)C(=O)[C@H]12. The van der Waals surface area contributed by atoms with Crippen molar-refractivity contribution in [3.05, 3.63) is 52.6 Å². The van der Waals surface area contributed by atoms with Gasteiger partial charge in [-0.1, -0.05) is 29.4 Å². The van der Waals surface area contributed by atoms with Crippen molar-refractivity contribution in [2.24, 2.45) is 23.7 Å². The first-order chi connectivity index (χ1) is 10.9. The van der Waals surface area contributed by atoms with E-state index in [1.807, 2.05) is 32.0 Å². The molecule has 2 fully saturated rings. The molecular formula is C20H21NO2. The van der Waals surface area contributed by atoms with Crippen molar-refractivity contribution in [3.63, 3.8) is 0 Å². The molecular weight excluding hydrogens is 286 g/mol. The summed E-state index contributed by atoms with van der Waals surface area (Å²) in [6, 6.07) is 5.81. The highest BCUT2D eigenvalue weighted by Crippen LogP contribution is 2.57. The number of anilines is 1. The number of carbonyl (C=O) groups excluding carboxylic acids is 2. The largest absolute Gasteiger partial charge is 0.274 e. The highest BCUT2D eigenvalue weighted by molar-refractivity contribution is 6.23. The quantitative estimate of drug-likeness (QED) is 0.587. The Bertz CT molecular complexity index is 764. The van der Waals surface area contributed by atoms with Crippen LogP contribution < -0.4 is 4.90 Å². The molecule has 0 radical (unpaired) electrons. The summed E-state index contributed by atoms with van der Waals surface area (Å²) in [4.78, 5) is 27.4. The fourth-order valence-electron chi connectivity index (χ4n) is 4.55. The van der Waals surface area contributed by atoms with E-state index in [4.69, 9.17) is 0 Å². The van der Waals surface area contributed by atoms with E-state index < -0.39 is 0 Å². The number of benzene rings is 1. The summed E-state index contributed by atoms with van der Waals surface area (Å²) in [6.07, 6.45) is 4.26. The van der Waals surface area contributed by atoms with Crippen LogP contribution >= 0.6 is 0 Å². The highest BCUT2D eigenvalue weighted by atomic mass is 16.2. The van der Waals surface area contributed by atoms with Crippen LogP contribution in [0.2, 0.25) is 0 Å². The minimum Gasteiger partial charge on any atom is -0.274 e. The van der Waals surface area contributed by atoms with Crippen LogP contribution in [0.25, 0.3) is 0 Å². The van der Waals surface area contributed by atoms with Crippen LogP contribution in [-0.4, -0.2) is 11.8 Å². The van der Waals surface area contributed by atoms with Crippen molar-refractivity contribution in [3.8, 4) is 0 Å². The van der Waals surface area contributed by atoms with Crippen LogP contribution in [0.3, 0.4) is 0 Å². The molecule has 3 heteroatoms. The maximum absolute atomic E-state index is 13.0. The van der Waals surface area contributed by atoms with Crippen LogP contribution in [0.15, 0.2) is 41.5 Å². The van der Waals surface area contributed by atoms with E-state index in [-0.39, 0.29) is 35.5 Å². The zero-order valence-corrected chi connectivity index (χ0v) is 14.0. The van der Waals surface area contributed by atoms with Gasteiger partial charge < -0.3 is 0 Å². The summed E-state index contributed by atoms with van der Waals surface area (Å²) in [5.74, 6) is -0.239. The molecule has 2 bridgehead atoms. The van der Waals surface area contributed by atoms with Gasteiger partial charge in [0.05, 0.1) is 17.5 Å². The van der Waals surface area contributed by atoms with Crippen molar-refractivity contribution in [2.45, 2.75) is 27.7 Å². The van der Waals surface area contributed by atoms with Crippen molar-refractivity contribution >= 4 is 17.5 Å². The number of hydrogen-bond acceptors (Lipinski definition) is 2. The summed E-state index contributed by atoms with van der Waals surface area (Å²) in [7, 11) is 0. The molecule has 2 aliphatic carbocycles. The molecule has 3 aliphatic rings. The Morgan fingerprint density at radius 2 is 1.48 bits per heavy atom. The molecule has 4 rings (SSSR count). The van der Waals surface area contributed by atoms with E-state index >= 15 is 0 Å². The normalized spacial score (nSPS) is 31.3. The molecule has 1 saturated carbocycles. The van der Waals surface area contributed by atoms with Crippen LogP contribution in [0.1, 0.15) is 25.0 Å². The summed E-state index contributed by atoms with van der Waals surface area (Å²) in [6.45, 7) is 8.21. The number of aryl methyl sites for hydroxylation is 2. The Morgan fingerprint density at radius 3 is 1.96 bits per heavy atom. The van der Waals surface area contributed by atoms with Crippen LogP contribution in [0.5, 0.6) is 0 Å². The second-order valence-corrected chi connectivity index (χ2v) is 7.22. The smallest absolute Gasteiger partial charge is 0.238 e. The van der Waals surface area contributed by atoms with Gasteiger partial charge in [-0.2, -0.15) is 0 Å². The molecule has 1 aliphatic heterocycles. The first-order valence-electron chi connectivity index (χ1n) is 8.22. The third-order valence-electron chi connectivity index (χ3n) is 5.74. The Morgan fingerprint density at radius 1 is 0.913 bits per heavy atom. The number of rotatable bonds is 1. The van der Waals surface area contributed by atoms with Gasteiger partial charge in [0.15, 0.2) is 0 Å². The summed E-state index contributed by atoms with van der Waals surface area (Å²) >= 11 is 0. The van der Waals surface area contributed by atoms with Crippen molar-refractivity contribution < 1.29 is 9.59 Å². The van der Waals surface area contributed by atoms with Crippen molar-refractivity contribution in [1.29, 1.82) is 0 Å². The average molecular weight is 307 g/mol. The third-order valence-corrected chi connectivity index (χ3v) is 5.74. The molecule has 1 saturated heterocycles. The Balaban J connectivity index is 1.77. The lowest BCUT2D eigenvalue weighted by Gasteiger charge is -2.20. The maximum Gasteiger partial charge on any atom is 0.238 e. The first-order valence-corrected chi connectivity index (χ1v) is 8.22. The molecule has 0 unspecified atom stereocenters. The van der Waals surface area contributed by atoms with E-state index in [0.29, 0.717) is 0 Å². The molecule has 23 heavy (non-hydrogen) atoms. The van der Waals surface area contributed by atoms with Gasteiger partial charge in [-0.15, -0.1) is 0 Å². The second-order valence-electron chi connectivity index (χ2n) is 7.22. The summed E-state index contributed by atoms with van der Waals surface area (Å²) in [5, 5.41) is 0. The number of hydrogen-bond donors (Lipinski definition) is 0. The predicted octanol–water partition coefficient (Wildman–Crippen LogP) is 3.56. The molecule has 0 aromatic heterocycles. The molecule has 4 atom stereocenters. The minimum absolute atomic E-state index is 0.0288. The lowest BCUT2D eigenvalue weighted by atomic mass is 9.85. The standard InChI is InChI=1S/C20H21NO2/c1-10(2)16-14-7-8-15(16)18-17(14)19(22)21(20(18)23)13-6-5-11(3)12(4)9-13/h5-9,14-15,17-18H,1-4H3/t14-,15-,17+,18+/m1/s1. The van der Waals surface area contributed by atoms with E-state index in [9.17, 15) is 9.59 Å². The fraction of sp³-hybridized carbons (Fsp3) is 0.400. The zero-order valence-electron chi connectivity index (χ0n) is 14.0. The molecule has 118 valence electrons. The Hall–Kier alpha value is -2.16. The van der Waals surface area contributed by atoms with Crippen molar-refractivity contribution in [1.82, 2.24) is 0 Å². The zero-order chi connectivity index (χ0) is 16.5. The number of imide groups is 1. The average Bonchev–Trinajstić information content (AvgIpc) is 3.13. The van der Waals surface area contributed by atoms with Gasteiger partial charge in [-0.25, -0.2) is 4.90 Å². The van der Waals surface area contributed by atoms with Crippen molar-refractivity contribution in [2.75, 3.05) is 4.90 Å². The molecule has 3 nitrogen and oxygen atoms in total. The van der Waals surface area contributed by atoms with E-state index in [1.165, 1.54) is 21.6 Å². The summed E-state index contributed by atoms with van der Waals surface area (Å²) < 4.78 is 0. The summed E-state index contributed by atoms with van der Waals surface area (Å²) in [5.41, 5.74) is 5.53.